The van der Waals surface area contributed by atoms with Crippen LogP contribution < -0.4 is 4.90 Å². The van der Waals surface area contributed by atoms with E-state index in [2.05, 4.69) is 204 Å². The molecule has 10 rings (SSSR count). The Morgan fingerprint density at radius 1 is 0.392 bits per heavy atom. The van der Waals surface area contributed by atoms with Crippen molar-refractivity contribution in [2.75, 3.05) is 4.90 Å². The molecular weight excluding hydrogens is 637 g/mol. The molecule has 2 nitrogen and oxygen atoms in total. The van der Waals surface area contributed by atoms with Crippen LogP contribution in [0, 0.1) is 0 Å². The molecule has 0 unspecified atom stereocenters. The van der Waals surface area contributed by atoms with Crippen LogP contribution in [0.25, 0.3) is 69.9 Å². The van der Waals surface area contributed by atoms with Crippen molar-refractivity contribution in [2.24, 2.45) is 0 Å². The summed E-state index contributed by atoms with van der Waals surface area (Å²) >= 11 is 1.87. The molecule has 240 valence electrons. The van der Waals surface area contributed by atoms with Crippen molar-refractivity contribution in [3.8, 4) is 27.9 Å². The standard InChI is InChI=1S/C48H32N2S/c1-4-15-33(16-5-1)34-27-29-37(30-28-34)49(35-17-6-2-7-18-35)43-32-31-39(38-23-14-26-45-46(38)41-22-11-13-25-44(41)51-45)48-47(43)40-21-10-12-24-42(40)50(48)36-19-8-3-9-20-36/h1-32H. The van der Waals surface area contributed by atoms with Gasteiger partial charge in [0.1, 0.15) is 0 Å². The van der Waals surface area contributed by atoms with E-state index in [-0.39, 0.29) is 0 Å². The minimum atomic E-state index is 1.11. The largest absolute Gasteiger partial charge is 0.310 e. The second-order valence-corrected chi connectivity index (χ2v) is 14.0. The summed E-state index contributed by atoms with van der Waals surface area (Å²) in [4.78, 5) is 2.42. The van der Waals surface area contributed by atoms with Gasteiger partial charge < -0.3 is 9.47 Å². The van der Waals surface area contributed by atoms with Gasteiger partial charge in [0.2, 0.25) is 0 Å². The fourth-order valence-electron chi connectivity index (χ4n) is 7.76. The van der Waals surface area contributed by atoms with Crippen LogP contribution in [0.4, 0.5) is 17.1 Å². The highest BCUT2D eigenvalue weighted by Gasteiger charge is 2.25. The van der Waals surface area contributed by atoms with Gasteiger partial charge in [0.15, 0.2) is 0 Å². The van der Waals surface area contributed by atoms with E-state index in [9.17, 15) is 0 Å². The number of benzene rings is 8. The first-order valence-corrected chi connectivity index (χ1v) is 18.2. The van der Waals surface area contributed by atoms with Crippen LogP contribution in [0.15, 0.2) is 194 Å². The average Bonchev–Trinajstić information content (AvgIpc) is 3.76. The Labute approximate surface area is 300 Å². The molecule has 0 amide bonds. The van der Waals surface area contributed by atoms with Gasteiger partial charge >= 0.3 is 0 Å². The maximum absolute atomic E-state index is 2.47. The molecule has 0 bridgehead atoms. The number of rotatable bonds is 6. The van der Waals surface area contributed by atoms with E-state index in [0.717, 1.165) is 22.7 Å². The third kappa shape index (κ3) is 4.85. The summed E-state index contributed by atoms with van der Waals surface area (Å²) in [5.41, 5.74) is 11.8. The van der Waals surface area contributed by atoms with Crippen molar-refractivity contribution in [3.63, 3.8) is 0 Å². The van der Waals surface area contributed by atoms with Gasteiger partial charge in [-0.2, -0.15) is 0 Å². The molecule has 10 aromatic rings. The zero-order valence-electron chi connectivity index (χ0n) is 27.8. The van der Waals surface area contributed by atoms with Gasteiger partial charge in [-0.1, -0.05) is 133 Å². The van der Waals surface area contributed by atoms with Gasteiger partial charge in [0, 0.05) is 53.6 Å². The molecule has 0 aliphatic heterocycles. The number of para-hydroxylation sites is 3. The lowest BCUT2D eigenvalue weighted by Crippen LogP contribution is -2.10. The van der Waals surface area contributed by atoms with E-state index < -0.39 is 0 Å². The molecule has 0 atom stereocenters. The molecule has 51 heavy (non-hydrogen) atoms. The zero-order valence-corrected chi connectivity index (χ0v) is 28.6. The maximum Gasteiger partial charge on any atom is 0.0640 e. The molecule has 0 saturated heterocycles. The lowest BCUT2D eigenvalue weighted by Gasteiger charge is -2.27. The van der Waals surface area contributed by atoms with Gasteiger partial charge in [0.25, 0.3) is 0 Å². The van der Waals surface area contributed by atoms with Crippen molar-refractivity contribution < 1.29 is 0 Å². The molecular formula is C48H32N2S. The molecule has 3 heteroatoms. The van der Waals surface area contributed by atoms with Gasteiger partial charge in [-0.05, 0) is 77.4 Å². The number of hydrogen-bond acceptors (Lipinski definition) is 2. The predicted molar refractivity (Wildman–Crippen MR) is 219 cm³/mol. The minimum Gasteiger partial charge on any atom is -0.310 e. The SMILES string of the molecule is c1ccc(-c2ccc(N(c3ccccc3)c3ccc(-c4cccc5sc6ccccc6c45)c4c3c3ccccc3n4-c3ccccc3)cc2)cc1. The van der Waals surface area contributed by atoms with Crippen LogP contribution in [0.2, 0.25) is 0 Å². The molecule has 0 radical (unpaired) electrons. The van der Waals surface area contributed by atoms with E-state index in [1.807, 2.05) is 11.3 Å². The van der Waals surface area contributed by atoms with Gasteiger partial charge in [-0.15, -0.1) is 11.3 Å². The molecule has 2 aromatic heterocycles. The summed E-state index contributed by atoms with van der Waals surface area (Å²) in [6.45, 7) is 0. The first-order valence-electron chi connectivity index (χ1n) is 17.4. The van der Waals surface area contributed by atoms with Crippen molar-refractivity contribution in [1.29, 1.82) is 0 Å². The van der Waals surface area contributed by atoms with Crippen LogP contribution in [0.1, 0.15) is 0 Å². The molecule has 0 spiro atoms. The fraction of sp³-hybridized carbons (Fsp3) is 0. The molecule has 2 heterocycles. The van der Waals surface area contributed by atoms with Crippen LogP contribution in [-0.4, -0.2) is 4.57 Å². The van der Waals surface area contributed by atoms with Gasteiger partial charge in [0.05, 0.1) is 16.7 Å². The van der Waals surface area contributed by atoms with E-state index in [4.69, 9.17) is 0 Å². The molecule has 0 fully saturated rings. The Morgan fingerprint density at radius 2 is 1.00 bits per heavy atom. The molecule has 0 aliphatic carbocycles. The smallest absolute Gasteiger partial charge is 0.0640 e. The summed E-state index contributed by atoms with van der Waals surface area (Å²) in [6.07, 6.45) is 0. The highest BCUT2D eigenvalue weighted by molar-refractivity contribution is 7.25. The first kappa shape index (κ1) is 29.5. The Bertz CT molecular complexity index is 2830. The fourth-order valence-corrected chi connectivity index (χ4v) is 8.90. The first-order chi connectivity index (χ1) is 25.3. The topological polar surface area (TPSA) is 8.17 Å². The number of hydrogen-bond donors (Lipinski definition) is 0. The summed E-state index contributed by atoms with van der Waals surface area (Å²) < 4.78 is 5.09. The number of nitrogens with zero attached hydrogens (tertiary/aromatic N) is 2. The van der Waals surface area contributed by atoms with Crippen molar-refractivity contribution in [2.45, 2.75) is 0 Å². The number of anilines is 3. The van der Waals surface area contributed by atoms with Crippen molar-refractivity contribution >= 4 is 70.4 Å². The van der Waals surface area contributed by atoms with Gasteiger partial charge in [-0.3, -0.25) is 0 Å². The normalized spacial score (nSPS) is 11.5. The number of aromatic nitrogens is 1. The quantitative estimate of drug-likeness (QED) is 0.171. The van der Waals surface area contributed by atoms with Crippen molar-refractivity contribution in [1.82, 2.24) is 4.57 Å². The van der Waals surface area contributed by atoms with E-state index in [1.54, 1.807) is 0 Å². The van der Waals surface area contributed by atoms with E-state index in [0.29, 0.717) is 0 Å². The predicted octanol–water partition coefficient (Wildman–Crippen LogP) is 14.0. The second kappa shape index (κ2) is 12.2. The number of thiophene rings is 1. The lowest BCUT2D eigenvalue weighted by molar-refractivity contribution is 1.18. The van der Waals surface area contributed by atoms with Crippen molar-refractivity contribution in [3.05, 3.63) is 194 Å². The maximum atomic E-state index is 2.47. The molecule has 0 saturated carbocycles. The highest BCUT2D eigenvalue weighted by Crippen LogP contribution is 2.49. The molecule has 0 aliphatic rings. The van der Waals surface area contributed by atoms with Crippen LogP contribution >= 0.6 is 11.3 Å². The van der Waals surface area contributed by atoms with E-state index >= 15 is 0 Å². The summed E-state index contributed by atoms with van der Waals surface area (Å²) in [5, 5.41) is 5.06. The second-order valence-electron chi connectivity index (χ2n) is 12.9. The van der Waals surface area contributed by atoms with E-state index in [1.165, 1.54) is 64.2 Å². The van der Waals surface area contributed by atoms with Crippen LogP contribution in [-0.2, 0) is 0 Å². The third-order valence-corrected chi connectivity index (χ3v) is 11.1. The average molecular weight is 669 g/mol. The highest BCUT2D eigenvalue weighted by atomic mass is 32.1. The molecule has 8 aromatic carbocycles. The Kier molecular flexibility index (Phi) is 7.04. The third-order valence-electron chi connectivity index (χ3n) is 9.99. The Hall–Kier alpha value is -6.42. The Morgan fingerprint density at radius 3 is 1.78 bits per heavy atom. The Balaban J connectivity index is 1.31. The number of fused-ring (bicyclic) bond motifs is 6. The zero-order chi connectivity index (χ0) is 33.7. The monoisotopic (exact) mass is 668 g/mol. The van der Waals surface area contributed by atoms with Crippen LogP contribution in [0.3, 0.4) is 0 Å². The van der Waals surface area contributed by atoms with Crippen LogP contribution in [0.5, 0.6) is 0 Å². The molecule has 0 N–H and O–H groups in total. The minimum absolute atomic E-state index is 1.11. The summed E-state index contributed by atoms with van der Waals surface area (Å²) in [5.74, 6) is 0. The lowest BCUT2D eigenvalue weighted by atomic mass is 9.95. The summed E-state index contributed by atoms with van der Waals surface area (Å²) in [6, 6.07) is 70.3. The summed E-state index contributed by atoms with van der Waals surface area (Å²) in [7, 11) is 0. The van der Waals surface area contributed by atoms with Gasteiger partial charge in [-0.25, -0.2) is 0 Å².